The molecular weight excluding hydrogens is 460 g/mol. The number of rotatable bonds is 7. The van der Waals surface area contributed by atoms with Crippen molar-refractivity contribution < 1.29 is 13.6 Å². The summed E-state index contributed by atoms with van der Waals surface area (Å²) in [6, 6.07) is 27.6. The van der Waals surface area contributed by atoms with Gasteiger partial charge in [-0.1, -0.05) is 108 Å². The molecule has 1 saturated heterocycles. The Bertz CT molecular complexity index is 1070. The number of aryl methyl sites for hydroxylation is 1. The largest absolute Gasteiger partial charge is 0.489 e. The molecule has 192 valence electrons. The van der Waals surface area contributed by atoms with E-state index in [1.54, 1.807) is 0 Å². The molecule has 3 aromatic rings. The van der Waals surface area contributed by atoms with Gasteiger partial charge in [0, 0.05) is 29.2 Å². The predicted octanol–water partition coefficient (Wildman–Crippen LogP) is 8.57. The molecule has 0 N–H and O–H groups in total. The summed E-state index contributed by atoms with van der Waals surface area (Å²) in [6.07, 6.45) is 2.13. The van der Waals surface area contributed by atoms with Crippen LogP contribution in [0.5, 0.6) is 5.75 Å². The Morgan fingerprint density at radius 2 is 1.22 bits per heavy atom. The second kappa shape index (κ2) is 10.9. The van der Waals surface area contributed by atoms with E-state index < -0.39 is 8.56 Å². The fourth-order valence-electron chi connectivity index (χ4n) is 5.44. The van der Waals surface area contributed by atoms with E-state index >= 15 is 0 Å². The van der Waals surface area contributed by atoms with Crippen molar-refractivity contribution in [3.05, 3.63) is 90.0 Å². The van der Waals surface area contributed by atoms with Crippen LogP contribution in [0, 0.1) is 5.92 Å². The topological polar surface area (TPSA) is 27.7 Å². The molecule has 1 heterocycles. The highest BCUT2D eigenvalue weighted by atomic mass is 28.4. The summed E-state index contributed by atoms with van der Waals surface area (Å²) in [7, 11) is -2.32. The molecule has 0 bridgehead atoms. The zero-order valence-electron chi connectivity index (χ0n) is 22.8. The molecule has 0 saturated carbocycles. The van der Waals surface area contributed by atoms with Crippen molar-refractivity contribution in [1.82, 2.24) is 0 Å². The van der Waals surface area contributed by atoms with E-state index in [1.165, 1.54) is 22.3 Å². The quantitative estimate of drug-likeness (QED) is 0.303. The lowest BCUT2D eigenvalue weighted by Crippen LogP contribution is -2.61. The van der Waals surface area contributed by atoms with Crippen LogP contribution in [0.15, 0.2) is 78.9 Å². The molecule has 36 heavy (non-hydrogen) atoms. The van der Waals surface area contributed by atoms with Crippen LogP contribution in [0.4, 0.5) is 0 Å². The van der Waals surface area contributed by atoms with Gasteiger partial charge in [-0.05, 0) is 47.2 Å². The van der Waals surface area contributed by atoms with Crippen LogP contribution in [-0.4, -0.2) is 21.8 Å². The summed E-state index contributed by atoms with van der Waals surface area (Å²) in [6.45, 7) is 15.9. The number of hydrogen-bond acceptors (Lipinski definition) is 3. The van der Waals surface area contributed by atoms with E-state index in [-0.39, 0.29) is 10.1 Å². The zero-order valence-corrected chi connectivity index (χ0v) is 23.8. The van der Waals surface area contributed by atoms with Gasteiger partial charge >= 0.3 is 8.56 Å². The van der Waals surface area contributed by atoms with Crippen molar-refractivity contribution in [2.75, 3.05) is 13.2 Å². The summed E-state index contributed by atoms with van der Waals surface area (Å²) in [5.74, 6) is 1.35. The summed E-state index contributed by atoms with van der Waals surface area (Å²) in [4.78, 5) is 0. The Hall–Kier alpha value is -2.40. The van der Waals surface area contributed by atoms with Crippen molar-refractivity contribution in [1.29, 1.82) is 0 Å². The molecule has 1 aliphatic rings. The van der Waals surface area contributed by atoms with Gasteiger partial charge in [0.15, 0.2) is 0 Å². The number of hydrogen-bond donors (Lipinski definition) is 0. The minimum Gasteiger partial charge on any atom is -0.489 e. The lowest BCUT2D eigenvalue weighted by atomic mass is 9.98. The van der Waals surface area contributed by atoms with Gasteiger partial charge in [-0.3, -0.25) is 0 Å². The first-order valence-electron chi connectivity index (χ1n) is 13.2. The molecule has 3 nitrogen and oxygen atoms in total. The Kier molecular flexibility index (Phi) is 8.08. The first kappa shape index (κ1) is 26.7. The summed E-state index contributed by atoms with van der Waals surface area (Å²) in [5, 5.41) is 0.108. The highest BCUT2D eigenvalue weighted by molar-refractivity contribution is 6.73. The maximum absolute atomic E-state index is 6.63. The second-order valence-corrected chi connectivity index (χ2v) is 16.9. The summed E-state index contributed by atoms with van der Waals surface area (Å²) in [5.41, 5.74) is 4.97. The highest BCUT2D eigenvalue weighted by Gasteiger charge is 2.59. The second-order valence-electron chi connectivity index (χ2n) is 12.1. The van der Waals surface area contributed by atoms with Gasteiger partial charge in [-0.15, -0.1) is 0 Å². The fraction of sp³-hybridized carbons (Fsp3) is 0.438. The van der Waals surface area contributed by atoms with Gasteiger partial charge in [-0.2, -0.15) is 0 Å². The third kappa shape index (κ3) is 6.11. The molecule has 1 fully saturated rings. The lowest BCUT2D eigenvalue weighted by molar-refractivity contribution is 0.0293. The third-order valence-electron chi connectivity index (χ3n) is 7.25. The van der Waals surface area contributed by atoms with E-state index in [9.17, 15) is 0 Å². The van der Waals surface area contributed by atoms with Gasteiger partial charge in [0.2, 0.25) is 0 Å². The predicted molar refractivity (Wildman–Crippen MR) is 152 cm³/mol. The Morgan fingerprint density at radius 1 is 0.694 bits per heavy atom. The molecule has 0 aliphatic carbocycles. The molecule has 3 aromatic carbocycles. The monoisotopic (exact) mass is 502 g/mol. The van der Waals surface area contributed by atoms with Crippen LogP contribution >= 0.6 is 0 Å². The minimum atomic E-state index is -2.32. The molecule has 4 heteroatoms. The Morgan fingerprint density at radius 3 is 1.75 bits per heavy atom. The van der Waals surface area contributed by atoms with Crippen molar-refractivity contribution in [3.63, 3.8) is 0 Å². The van der Waals surface area contributed by atoms with Gasteiger partial charge in [0.05, 0.1) is 0 Å². The first-order chi connectivity index (χ1) is 17.1. The maximum Gasteiger partial charge on any atom is 0.349 e. The van der Waals surface area contributed by atoms with Gasteiger partial charge in [0.25, 0.3) is 0 Å². The van der Waals surface area contributed by atoms with Crippen molar-refractivity contribution in [2.24, 2.45) is 5.92 Å². The average molecular weight is 503 g/mol. The van der Waals surface area contributed by atoms with E-state index in [4.69, 9.17) is 13.6 Å². The Balaban J connectivity index is 1.28. The molecule has 0 spiro atoms. The van der Waals surface area contributed by atoms with E-state index in [0.29, 0.717) is 12.5 Å². The van der Waals surface area contributed by atoms with E-state index in [1.807, 2.05) is 30.3 Å². The molecule has 4 rings (SSSR count). The van der Waals surface area contributed by atoms with Crippen molar-refractivity contribution in [2.45, 2.75) is 71.1 Å². The van der Waals surface area contributed by atoms with Crippen LogP contribution in [-0.2, 0) is 21.9 Å². The molecule has 0 radical (unpaired) electrons. The van der Waals surface area contributed by atoms with Crippen molar-refractivity contribution >= 4 is 8.56 Å². The van der Waals surface area contributed by atoms with E-state index in [0.717, 1.165) is 31.8 Å². The molecular formula is C32H42O3Si. The standard InChI is InChI=1S/C32H42O3Si/c1-31(2,3)36(32(4,5)6)34-23-27(24-35-36)13-12-25-14-16-28(17-15-25)29-18-20-30(21-19-29)33-22-26-10-8-7-9-11-26/h7-11,14-21,27H,12-13,22-24H2,1-6H3. The third-order valence-corrected chi connectivity index (χ3v) is 12.3. The number of benzene rings is 3. The normalized spacial score (nSPS) is 16.6. The smallest absolute Gasteiger partial charge is 0.349 e. The summed E-state index contributed by atoms with van der Waals surface area (Å²) < 4.78 is 19.2. The van der Waals surface area contributed by atoms with Gasteiger partial charge < -0.3 is 13.6 Å². The lowest BCUT2D eigenvalue weighted by Gasteiger charge is -2.52. The van der Waals surface area contributed by atoms with Crippen molar-refractivity contribution in [3.8, 4) is 16.9 Å². The fourth-order valence-corrected chi connectivity index (χ4v) is 10.4. The van der Waals surface area contributed by atoms with Crippen LogP contribution in [0.1, 0.15) is 59.1 Å². The van der Waals surface area contributed by atoms with E-state index in [2.05, 4.69) is 90.1 Å². The molecule has 0 amide bonds. The molecule has 0 unspecified atom stereocenters. The maximum atomic E-state index is 6.63. The zero-order chi connectivity index (χ0) is 25.8. The first-order valence-corrected chi connectivity index (χ1v) is 15.0. The number of ether oxygens (including phenoxy) is 1. The van der Waals surface area contributed by atoms with Gasteiger partial charge in [-0.25, -0.2) is 0 Å². The Labute approximate surface area is 219 Å². The van der Waals surface area contributed by atoms with Crippen LogP contribution in [0.25, 0.3) is 11.1 Å². The molecule has 0 aromatic heterocycles. The average Bonchev–Trinajstić information content (AvgIpc) is 2.86. The molecule has 1 aliphatic heterocycles. The summed E-state index contributed by atoms with van der Waals surface area (Å²) >= 11 is 0. The van der Waals surface area contributed by atoms with Crippen LogP contribution < -0.4 is 4.74 Å². The van der Waals surface area contributed by atoms with Crippen LogP contribution in [0.3, 0.4) is 0 Å². The van der Waals surface area contributed by atoms with Crippen LogP contribution in [0.2, 0.25) is 10.1 Å². The minimum absolute atomic E-state index is 0.0538. The highest BCUT2D eigenvalue weighted by Crippen LogP contribution is 2.53. The molecule has 0 atom stereocenters. The SMILES string of the molecule is CC(C)(C)[Si]1(C(C)(C)C)OCC(CCc2ccc(-c3ccc(OCc4ccccc4)cc3)cc2)CO1. The van der Waals surface area contributed by atoms with Gasteiger partial charge in [0.1, 0.15) is 12.4 Å².